The van der Waals surface area contributed by atoms with Crippen LogP contribution in [0.3, 0.4) is 0 Å². The Labute approximate surface area is 88.4 Å². The molecule has 0 spiro atoms. The fourth-order valence-corrected chi connectivity index (χ4v) is 1.28. The minimum Gasteiger partial charge on any atom is -0.329 e. The van der Waals surface area contributed by atoms with Crippen LogP contribution in [0.25, 0.3) is 5.69 Å². The lowest BCUT2D eigenvalue weighted by molar-refractivity contribution is -0.105. The van der Waals surface area contributed by atoms with Crippen molar-refractivity contribution in [2.75, 3.05) is 5.32 Å². The van der Waals surface area contributed by atoms with E-state index in [0.29, 0.717) is 12.0 Å². The Bertz CT molecular complexity index is 464. The highest BCUT2D eigenvalue weighted by Gasteiger charge is 1.97. The number of imidazole rings is 1. The van der Waals surface area contributed by atoms with Crippen molar-refractivity contribution in [1.82, 2.24) is 9.55 Å². The second-order valence-corrected chi connectivity index (χ2v) is 3.01. The first-order valence-corrected chi connectivity index (χ1v) is 4.39. The van der Waals surface area contributed by atoms with E-state index >= 15 is 0 Å². The van der Waals surface area contributed by atoms with Gasteiger partial charge in [0.2, 0.25) is 6.41 Å². The molecular formula is C10H8BN3O. The number of carbonyl (C=O) groups is 1. The zero-order chi connectivity index (χ0) is 10.7. The monoisotopic (exact) mass is 197 g/mol. The van der Waals surface area contributed by atoms with E-state index in [9.17, 15) is 4.79 Å². The molecule has 0 bridgehead atoms. The largest absolute Gasteiger partial charge is 0.329 e. The maximum absolute atomic E-state index is 10.2. The number of amides is 1. The van der Waals surface area contributed by atoms with Gasteiger partial charge in [0.15, 0.2) is 0 Å². The molecule has 1 heterocycles. The number of nitrogens with one attached hydrogen (secondary N) is 1. The van der Waals surface area contributed by atoms with Crippen molar-refractivity contribution in [1.29, 1.82) is 0 Å². The summed E-state index contributed by atoms with van der Waals surface area (Å²) in [4.78, 5) is 14.1. The number of nitrogens with zero attached hydrogens (tertiary/aromatic N) is 2. The summed E-state index contributed by atoms with van der Waals surface area (Å²) >= 11 is 0. The molecule has 72 valence electrons. The van der Waals surface area contributed by atoms with Gasteiger partial charge >= 0.3 is 0 Å². The topological polar surface area (TPSA) is 46.9 Å². The maximum Gasteiger partial charge on any atom is 0.211 e. The van der Waals surface area contributed by atoms with Crippen LogP contribution >= 0.6 is 0 Å². The Hall–Kier alpha value is -2.04. The number of carbonyl (C=O) groups excluding carboxylic acids is 1. The third-order valence-corrected chi connectivity index (χ3v) is 1.99. The first-order valence-electron chi connectivity index (χ1n) is 4.39. The van der Waals surface area contributed by atoms with Gasteiger partial charge in [-0.15, -0.1) is 0 Å². The lowest BCUT2D eigenvalue weighted by Crippen LogP contribution is -2.01. The molecule has 0 aliphatic heterocycles. The number of hydrogen-bond donors (Lipinski definition) is 1. The molecule has 0 fully saturated rings. The van der Waals surface area contributed by atoms with Gasteiger partial charge in [0.25, 0.3) is 0 Å². The predicted molar refractivity (Wildman–Crippen MR) is 58.6 cm³/mol. The van der Waals surface area contributed by atoms with E-state index in [1.54, 1.807) is 29.2 Å². The van der Waals surface area contributed by atoms with Gasteiger partial charge < -0.3 is 9.88 Å². The number of anilines is 1. The van der Waals surface area contributed by atoms with E-state index in [2.05, 4.69) is 10.3 Å². The Balaban J connectivity index is 2.27. The molecule has 0 aliphatic rings. The number of aromatic nitrogens is 2. The maximum atomic E-state index is 10.2. The van der Waals surface area contributed by atoms with Gasteiger partial charge in [-0.05, 0) is 24.3 Å². The van der Waals surface area contributed by atoms with Crippen LogP contribution in [-0.2, 0) is 4.79 Å². The van der Waals surface area contributed by atoms with E-state index in [1.807, 2.05) is 12.1 Å². The summed E-state index contributed by atoms with van der Waals surface area (Å²) in [6, 6.07) is 7.35. The molecule has 0 saturated heterocycles. The molecule has 0 atom stereocenters. The van der Waals surface area contributed by atoms with Crippen LogP contribution in [0.5, 0.6) is 0 Å². The van der Waals surface area contributed by atoms with Gasteiger partial charge in [-0.3, -0.25) is 9.78 Å². The Morgan fingerprint density at radius 3 is 2.60 bits per heavy atom. The first-order chi connectivity index (χ1) is 7.29. The smallest absolute Gasteiger partial charge is 0.211 e. The Morgan fingerprint density at radius 2 is 2.07 bits per heavy atom. The average molecular weight is 197 g/mol. The molecule has 2 aromatic rings. The van der Waals surface area contributed by atoms with Crippen LogP contribution < -0.4 is 10.9 Å². The molecule has 1 aromatic heterocycles. The van der Waals surface area contributed by atoms with Gasteiger partial charge in [-0.1, -0.05) is 0 Å². The van der Waals surface area contributed by atoms with Crippen molar-refractivity contribution in [2.24, 2.45) is 0 Å². The molecule has 1 aromatic carbocycles. The second kappa shape index (κ2) is 4.00. The standard InChI is InChI=1S/C10H8BN3O/c11-10-5-14(6-12-10)9-3-1-8(2-4-9)13-7-15/h1-7H,(H,13,15). The van der Waals surface area contributed by atoms with Gasteiger partial charge in [0.1, 0.15) is 7.85 Å². The van der Waals surface area contributed by atoms with Crippen LogP contribution in [0.15, 0.2) is 36.8 Å². The van der Waals surface area contributed by atoms with Gasteiger partial charge in [0.05, 0.1) is 6.33 Å². The third-order valence-electron chi connectivity index (χ3n) is 1.99. The molecule has 0 unspecified atom stereocenters. The quantitative estimate of drug-likeness (QED) is 0.565. The molecule has 5 heteroatoms. The average Bonchev–Trinajstić information content (AvgIpc) is 2.67. The summed E-state index contributed by atoms with van der Waals surface area (Å²) in [5.41, 5.74) is 2.17. The van der Waals surface area contributed by atoms with Gasteiger partial charge in [-0.2, -0.15) is 0 Å². The summed E-state index contributed by atoms with van der Waals surface area (Å²) in [5, 5.41) is 2.56. The molecule has 2 rings (SSSR count). The molecule has 15 heavy (non-hydrogen) atoms. The SMILES string of the molecule is [B]c1cn(-c2ccc(NC=O)cc2)cn1. The van der Waals surface area contributed by atoms with Crippen molar-refractivity contribution in [3.63, 3.8) is 0 Å². The Morgan fingerprint density at radius 1 is 1.33 bits per heavy atom. The number of rotatable bonds is 3. The number of benzene rings is 1. The summed E-state index contributed by atoms with van der Waals surface area (Å²) < 4.78 is 1.81. The lowest BCUT2D eigenvalue weighted by Gasteiger charge is -2.03. The third kappa shape index (κ3) is 2.07. The van der Waals surface area contributed by atoms with Crippen LogP contribution in [0, 0.1) is 0 Å². The minimum atomic E-state index is 0.477. The molecule has 0 aliphatic carbocycles. The van der Waals surface area contributed by atoms with Crippen molar-refractivity contribution in [3.05, 3.63) is 36.8 Å². The first kappa shape index (κ1) is 9.52. The van der Waals surface area contributed by atoms with Crippen LogP contribution in [-0.4, -0.2) is 23.8 Å². The van der Waals surface area contributed by atoms with Crippen molar-refractivity contribution >= 4 is 25.5 Å². The van der Waals surface area contributed by atoms with Crippen LogP contribution in [0.2, 0.25) is 0 Å². The van der Waals surface area contributed by atoms with Gasteiger partial charge in [-0.25, -0.2) is 0 Å². The van der Waals surface area contributed by atoms with Crippen molar-refractivity contribution in [3.8, 4) is 5.69 Å². The van der Waals surface area contributed by atoms with E-state index < -0.39 is 0 Å². The van der Waals surface area contributed by atoms with E-state index in [1.165, 1.54) is 0 Å². The molecule has 4 nitrogen and oxygen atoms in total. The van der Waals surface area contributed by atoms with Crippen molar-refractivity contribution in [2.45, 2.75) is 0 Å². The minimum absolute atomic E-state index is 0.477. The van der Waals surface area contributed by atoms with E-state index in [-0.39, 0.29) is 0 Å². The highest BCUT2D eigenvalue weighted by atomic mass is 16.1. The predicted octanol–water partition coefficient (Wildman–Crippen LogP) is 0.234. The molecule has 0 saturated carbocycles. The second-order valence-electron chi connectivity index (χ2n) is 3.01. The van der Waals surface area contributed by atoms with E-state index in [4.69, 9.17) is 7.85 Å². The summed E-state index contributed by atoms with van der Waals surface area (Å²) in [6.07, 6.45) is 4.00. The van der Waals surface area contributed by atoms with Gasteiger partial charge in [0, 0.05) is 23.2 Å². The fraction of sp³-hybridized carbons (Fsp3) is 0. The fourth-order valence-electron chi connectivity index (χ4n) is 1.28. The van der Waals surface area contributed by atoms with Crippen LogP contribution in [0.4, 0.5) is 5.69 Å². The highest BCUT2D eigenvalue weighted by molar-refractivity contribution is 6.30. The molecule has 2 radical (unpaired) electrons. The summed E-state index contributed by atoms with van der Waals surface area (Å²) in [6.45, 7) is 0. The van der Waals surface area contributed by atoms with Crippen molar-refractivity contribution < 1.29 is 4.79 Å². The number of hydrogen-bond acceptors (Lipinski definition) is 2. The zero-order valence-electron chi connectivity index (χ0n) is 7.92. The molecular weight excluding hydrogens is 189 g/mol. The molecule has 1 N–H and O–H groups in total. The normalized spacial score (nSPS) is 9.87. The highest BCUT2D eigenvalue weighted by Crippen LogP contribution is 2.11. The Kier molecular flexibility index (Phi) is 2.54. The summed E-state index contributed by atoms with van der Waals surface area (Å²) in [7, 11) is 5.50. The molecule has 1 amide bonds. The van der Waals surface area contributed by atoms with Crippen LogP contribution in [0.1, 0.15) is 0 Å². The zero-order valence-corrected chi connectivity index (χ0v) is 7.92. The summed E-state index contributed by atoms with van der Waals surface area (Å²) in [5.74, 6) is 0. The lowest BCUT2D eigenvalue weighted by atomic mass is 10.1. The van der Waals surface area contributed by atoms with E-state index in [0.717, 1.165) is 11.4 Å².